The maximum absolute atomic E-state index is 6.04. The Bertz CT molecular complexity index is 875. The van der Waals surface area contributed by atoms with Gasteiger partial charge in [-0.1, -0.05) is 11.6 Å². The van der Waals surface area contributed by atoms with E-state index in [0.29, 0.717) is 11.6 Å². The number of nitrogens with one attached hydrogen (secondary N) is 2. The molecule has 0 fully saturated rings. The van der Waals surface area contributed by atoms with Crippen molar-refractivity contribution >= 4 is 28.5 Å². The van der Waals surface area contributed by atoms with Gasteiger partial charge in [-0.3, -0.25) is 0 Å². The summed E-state index contributed by atoms with van der Waals surface area (Å²) in [7, 11) is 2.04. The highest BCUT2D eigenvalue weighted by molar-refractivity contribution is 6.31. The first-order chi connectivity index (χ1) is 11.7. The van der Waals surface area contributed by atoms with E-state index in [0.717, 1.165) is 54.3 Å². The summed E-state index contributed by atoms with van der Waals surface area (Å²) >= 11 is 6.04. The Morgan fingerprint density at radius 1 is 1.21 bits per heavy atom. The molecule has 1 aliphatic heterocycles. The fraction of sp³-hybridized carbons (Fsp3) is 0.353. The van der Waals surface area contributed by atoms with Crippen LogP contribution >= 0.6 is 11.6 Å². The van der Waals surface area contributed by atoms with Crippen LogP contribution in [0.4, 0.5) is 5.82 Å². The van der Waals surface area contributed by atoms with E-state index in [1.54, 1.807) is 6.33 Å². The largest absolute Gasteiger partial charge is 0.352 e. The van der Waals surface area contributed by atoms with Gasteiger partial charge in [0.2, 0.25) is 0 Å². The van der Waals surface area contributed by atoms with Crippen LogP contribution in [0.5, 0.6) is 0 Å². The molecule has 3 heterocycles. The van der Waals surface area contributed by atoms with Crippen molar-refractivity contribution < 1.29 is 0 Å². The van der Waals surface area contributed by atoms with Crippen LogP contribution in [0, 0.1) is 0 Å². The second kappa shape index (κ2) is 6.37. The molecule has 0 saturated heterocycles. The van der Waals surface area contributed by atoms with Gasteiger partial charge in [-0.25, -0.2) is 15.0 Å². The molecule has 0 saturated carbocycles. The van der Waals surface area contributed by atoms with Gasteiger partial charge in [0.15, 0.2) is 0 Å². The summed E-state index contributed by atoms with van der Waals surface area (Å²) in [6, 6.07) is 5.69. The van der Waals surface area contributed by atoms with Crippen molar-refractivity contribution in [2.45, 2.75) is 19.4 Å². The van der Waals surface area contributed by atoms with Crippen LogP contribution in [0.2, 0.25) is 5.02 Å². The summed E-state index contributed by atoms with van der Waals surface area (Å²) < 4.78 is 0. The number of aromatic nitrogens is 4. The van der Waals surface area contributed by atoms with Crippen LogP contribution in [-0.4, -0.2) is 40.1 Å². The van der Waals surface area contributed by atoms with E-state index < -0.39 is 0 Å². The van der Waals surface area contributed by atoms with E-state index in [-0.39, 0.29) is 0 Å². The number of rotatable bonds is 3. The molecule has 6 nitrogen and oxygen atoms in total. The van der Waals surface area contributed by atoms with E-state index in [9.17, 15) is 0 Å². The lowest BCUT2D eigenvalue weighted by Gasteiger charge is -2.20. The Balaban J connectivity index is 1.62. The number of imidazole rings is 1. The summed E-state index contributed by atoms with van der Waals surface area (Å²) in [5, 5.41) is 4.12. The zero-order chi connectivity index (χ0) is 16.5. The number of aromatic amines is 1. The summed E-state index contributed by atoms with van der Waals surface area (Å²) in [6.45, 7) is 2.59. The van der Waals surface area contributed by atoms with Crippen LogP contribution in [-0.2, 0) is 19.4 Å². The Hall–Kier alpha value is -2.18. The lowest BCUT2D eigenvalue weighted by atomic mass is 10.1. The minimum absolute atomic E-state index is 0.656. The maximum Gasteiger partial charge on any atom is 0.135 e. The first kappa shape index (κ1) is 15.4. The highest BCUT2D eigenvalue weighted by Gasteiger charge is 2.17. The third kappa shape index (κ3) is 2.95. The first-order valence-corrected chi connectivity index (χ1v) is 8.47. The molecule has 0 atom stereocenters. The summed E-state index contributed by atoms with van der Waals surface area (Å²) in [4.78, 5) is 19.1. The van der Waals surface area contributed by atoms with Crippen molar-refractivity contribution in [1.82, 2.24) is 25.3 Å². The van der Waals surface area contributed by atoms with Crippen molar-refractivity contribution in [2.24, 2.45) is 0 Å². The van der Waals surface area contributed by atoms with E-state index >= 15 is 0 Å². The van der Waals surface area contributed by atoms with Gasteiger partial charge in [0.1, 0.15) is 18.0 Å². The topological polar surface area (TPSA) is 69.7 Å². The molecule has 3 aromatic rings. The van der Waals surface area contributed by atoms with Crippen LogP contribution in [0.1, 0.15) is 17.1 Å². The van der Waals surface area contributed by atoms with Crippen molar-refractivity contribution in [3.8, 4) is 0 Å². The predicted octanol–water partition coefficient (Wildman–Crippen LogP) is 2.33. The second-order valence-corrected chi connectivity index (χ2v) is 6.51. The molecule has 24 heavy (non-hydrogen) atoms. The van der Waals surface area contributed by atoms with E-state index in [2.05, 4.69) is 30.2 Å². The van der Waals surface area contributed by atoms with E-state index in [1.165, 1.54) is 5.56 Å². The number of halogens is 1. The molecule has 0 radical (unpaired) electrons. The molecule has 0 spiro atoms. The Labute approximate surface area is 145 Å². The third-order valence-corrected chi connectivity index (χ3v) is 4.58. The van der Waals surface area contributed by atoms with E-state index in [4.69, 9.17) is 11.6 Å². The molecule has 0 aliphatic carbocycles. The van der Waals surface area contributed by atoms with Gasteiger partial charge in [0, 0.05) is 30.6 Å². The Morgan fingerprint density at radius 2 is 2.08 bits per heavy atom. The van der Waals surface area contributed by atoms with Crippen LogP contribution in [0.25, 0.3) is 11.0 Å². The van der Waals surface area contributed by atoms with Gasteiger partial charge in [-0.2, -0.15) is 0 Å². The number of H-pyrrole nitrogens is 1. The number of hydrogen-bond acceptors (Lipinski definition) is 5. The number of anilines is 1. The SMILES string of the molecule is CN(Cc1nc2ccc(Cl)cc2[nH]1)c1ncnc2c1CCNCC2. The lowest BCUT2D eigenvalue weighted by Crippen LogP contribution is -2.21. The zero-order valence-corrected chi connectivity index (χ0v) is 14.3. The fourth-order valence-corrected chi connectivity index (χ4v) is 3.36. The lowest BCUT2D eigenvalue weighted by molar-refractivity contribution is 0.708. The van der Waals surface area contributed by atoms with Gasteiger partial charge in [0.05, 0.1) is 23.3 Å². The molecule has 0 amide bonds. The Morgan fingerprint density at radius 3 is 3.00 bits per heavy atom. The number of nitrogens with zero attached hydrogens (tertiary/aromatic N) is 4. The molecule has 0 unspecified atom stereocenters. The molecule has 124 valence electrons. The minimum Gasteiger partial charge on any atom is -0.352 e. The second-order valence-electron chi connectivity index (χ2n) is 6.07. The summed E-state index contributed by atoms with van der Waals surface area (Å²) in [5.41, 5.74) is 4.27. The molecule has 1 aromatic carbocycles. The molecular weight excluding hydrogens is 324 g/mol. The molecular formula is C17H19ClN6. The van der Waals surface area contributed by atoms with Crippen LogP contribution < -0.4 is 10.2 Å². The van der Waals surface area contributed by atoms with Crippen molar-refractivity contribution in [2.75, 3.05) is 25.0 Å². The Kier molecular flexibility index (Phi) is 4.08. The highest BCUT2D eigenvalue weighted by Crippen LogP contribution is 2.23. The number of hydrogen-bond donors (Lipinski definition) is 2. The standard InChI is InChI=1S/C17H19ClN6/c1-24(9-16-22-14-3-2-11(18)8-15(14)23-16)17-12-4-6-19-7-5-13(12)20-10-21-17/h2-3,8,10,19H,4-7,9H2,1H3,(H,22,23). The number of benzene rings is 1. The normalized spacial score (nSPS) is 14.4. The van der Waals surface area contributed by atoms with Crippen LogP contribution in [0.15, 0.2) is 24.5 Å². The summed E-state index contributed by atoms with van der Waals surface area (Å²) in [6.07, 6.45) is 3.56. The molecule has 4 rings (SSSR count). The average molecular weight is 343 g/mol. The fourth-order valence-electron chi connectivity index (χ4n) is 3.19. The molecule has 2 N–H and O–H groups in total. The zero-order valence-electron chi connectivity index (χ0n) is 13.5. The van der Waals surface area contributed by atoms with Gasteiger partial charge in [-0.05, 0) is 31.2 Å². The third-order valence-electron chi connectivity index (χ3n) is 4.34. The van der Waals surface area contributed by atoms with Crippen molar-refractivity contribution in [3.63, 3.8) is 0 Å². The van der Waals surface area contributed by atoms with Gasteiger partial charge in [0.25, 0.3) is 0 Å². The monoisotopic (exact) mass is 342 g/mol. The predicted molar refractivity (Wildman–Crippen MR) is 95.5 cm³/mol. The van der Waals surface area contributed by atoms with E-state index in [1.807, 2.05) is 25.2 Å². The molecule has 7 heteroatoms. The van der Waals surface area contributed by atoms with Gasteiger partial charge in [-0.15, -0.1) is 0 Å². The van der Waals surface area contributed by atoms with Crippen molar-refractivity contribution in [3.05, 3.63) is 46.6 Å². The smallest absolute Gasteiger partial charge is 0.135 e. The minimum atomic E-state index is 0.656. The van der Waals surface area contributed by atoms with Crippen molar-refractivity contribution in [1.29, 1.82) is 0 Å². The summed E-state index contributed by atoms with van der Waals surface area (Å²) in [5.74, 6) is 1.89. The average Bonchev–Trinajstić information content (AvgIpc) is 2.80. The maximum atomic E-state index is 6.04. The number of fused-ring (bicyclic) bond motifs is 2. The quantitative estimate of drug-likeness (QED) is 0.764. The molecule has 0 bridgehead atoms. The highest BCUT2D eigenvalue weighted by atomic mass is 35.5. The molecule has 2 aromatic heterocycles. The first-order valence-electron chi connectivity index (χ1n) is 8.09. The van der Waals surface area contributed by atoms with Gasteiger partial charge >= 0.3 is 0 Å². The molecule has 1 aliphatic rings. The van der Waals surface area contributed by atoms with Gasteiger partial charge < -0.3 is 15.2 Å². The van der Waals surface area contributed by atoms with Crippen LogP contribution in [0.3, 0.4) is 0 Å².